The summed E-state index contributed by atoms with van der Waals surface area (Å²) < 4.78 is 0. The minimum absolute atomic E-state index is 0. The van der Waals surface area contributed by atoms with E-state index < -0.39 is 0 Å². The van der Waals surface area contributed by atoms with Crippen molar-refractivity contribution < 1.29 is 17.0 Å². The molecule has 4 nitrogen and oxygen atoms in total. The van der Waals surface area contributed by atoms with Gasteiger partial charge in [-0.25, -0.2) is 4.98 Å². The van der Waals surface area contributed by atoms with Crippen LogP contribution in [0, 0.1) is 6.92 Å². The molecule has 0 aliphatic carbocycles. The Morgan fingerprint density at radius 1 is 0.727 bits per heavy atom. The summed E-state index contributed by atoms with van der Waals surface area (Å²) in [6, 6.07) is 20.5. The van der Waals surface area contributed by atoms with E-state index in [9.17, 15) is 0 Å². The summed E-state index contributed by atoms with van der Waals surface area (Å²) in [4.78, 5) is 15.1. The van der Waals surface area contributed by atoms with Gasteiger partial charge in [-0.15, -0.1) is 0 Å². The summed E-state index contributed by atoms with van der Waals surface area (Å²) >= 11 is 5.99. The molecule has 2 aromatic carbocycles. The Morgan fingerprint density at radius 2 is 1.21 bits per heavy atom. The number of hydrogen-bond donors (Lipinski definition) is 2. The number of fused-ring (bicyclic) bond motifs is 6. The average molecular weight is 532 g/mol. The molecule has 33 heavy (non-hydrogen) atoms. The fraction of sp³-hybridized carbons (Fsp3) is 0.115. The Morgan fingerprint density at radius 3 is 1.79 bits per heavy atom. The molecule has 0 bridgehead atoms. The summed E-state index contributed by atoms with van der Waals surface area (Å²) in [6.07, 6.45) is 4.58. The minimum atomic E-state index is 0. The van der Waals surface area contributed by atoms with E-state index in [4.69, 9.17) is 11.6 Å². The second-order valence-electron chi connectivity index (χ2n) is 6.90. The summed E-state index contributed by atoms with van der Waals surface area (Å²) in [6.45, 7) is 7.13. The van der Waals surface area contributed by atoms with Crippen LogP contribution in [-0.2, 0) is 6.42 Å². The number of pyridine rings is 2. The number of para-hydroxylation sites is 2. The van der Waals surface area contributed by atoms with E-state index >= 15 is 0 Å². The van der Waals surface area contributed by atoms with Crippen molar-refractivity contribution in [2.45, 2.75) is 20.3 Å². The van der Waals surface area contributed by atoms with Gasteiger partial charge in [0.25, 0.3) is 0 Å². The second-order valence-corrected chi connectivity index (χ2v) is 7.26. The van der Waals surface area contributed by atoms with Gasteiger partial charge >= 0.3 is 23.1 Å². The minimum Gasteiger partial charge on any atom is -1.00 e. The number of nitrogens with zero attached hydrogens (tertiary/aromatic N) is 2. The molecule has 0 amide bonds. The number of nitrogens with one attached hydrogen (secondary N) is 2. The Bertz CT molecular complexity index is 1480. The molecule has 164 valence electrons. The Labute approximate surface area is 225 Å². The standard InChI is InChI=1S/C13H12N2.C11H7ClN2.C2H5.BrH.Mg/c1-2-11-13-10(7-8-14-11)9-5-3-4-6-12(9)15-13;12-11-10-8(5-6-13-11)7-3-1-2-4-9(7)14-10;1-2;;/h3-8,15H,2H2,1H3;1-6,14H;1H2,2H3;1H;/q;;-1;;+2/p-1. The molecule has 0 fully saturated rings. The van der Waals surface area contributed by atoms with Gasteiger partial charge < -0.3 is 33.9 Å². The quantitative estimate of drug-likeness (QED) is 0.190. The van der Waals surface area contributed by atoms with Gasteiger partial charge in [0.1, 0.15) is 0 Å². The van der Waals surface area contributed by atoms with Crippen molar-refractivity contribution in [3.63, 3.8) is 0 Å². The first-order chi connectivity index (χ1) is 15.3. The first kappa shape index (κ1) is 27.1. The number of aromatic amines is 2. The van der Waals surface area contributed by atoms with E-state index in [1.807, 2.05) is 30.5 Å². The molecule has 4 aromatic heterocycles. The topological polar surface area (TPSA) is 57.4 Å². The van der Waals surface area contributed by atoms with E-state index in [2.05, 4.69) is 70.2 Å². The van der Waals surface area contributed by atoms with Crippen LogP contribution in [0.15, 0.2) is 73.1 Å². The smallest absolute Gasteiger partial charge is 1.00 e. The molecule has 0 radical (unpaired) electrons. The van der Waals surface area contributed by atoms with E-state index in [-0.39, 0.29) is 40.0 Å². The number of aryl methyl sites for hydroxylation is 1. The van der Waals surface area contributed by atoms with Crippen LogP contribution >= 0.6 is 11.6 Å². The maximum atomic E-state index is 5.99. The fourth-order valence-electron chi connectivity index (χ4n) is 3.84. The van der Waals surface area contributed by atoms with Crippen LogP contribution in [0.25, 0.3) is 43.6 Å². The van der Waals surface area contributed by atoms with Crippen LogP contribution in [0.2, 0.25) is 5.15 Å². The van der Waals surface area contributed by atoms with Crippen molar-refractivity contribution in [2.24, 2.45) is 0 Å². The first-order valence-corrected chi connectivity index (χ1v) is 10.7. The number of H-pyrrole nitrogens is 2. The molecule has 6 rings (SSSR count). The predicted octanol–water partition coefficient (Wildman–Crippen LogP) is 4.11. The monoisotopic (exact) mass is 530 g/mol. The van der Waals surface area contributed by atoms with Gasteiger partial charge in [-0.3, -0.25) is 4.98 Å². The third kappa shape index (κ3) is 5.35. The number of rotatable bonds is 1. The summed E-state index contributed by atoms with van der Waals surface area (Å²) in [7, 11) is 0. The Balaban J connectivity index is 0.000000206. The van der Waals surface area contributed by atoms with Gasteiger partial charge in [0.2, 0.25) is 0 Å². The molecule has 6 aromatic rings. The first-order valence-electron chi connectivity index (χ1n) is 10.3. The van der Waals surface area contributed by atoms with Crippen molar-refractivity contribution in [2.75, 3.05) is 0 Å². The largest absolute Gasteiger partial charge is 2.00 e. The second kappa shape index (κ2) is 12.4. The SMILES string of the molecule is CCc1nccc2c1[nH]c1ccccc12.Clc1nccc2c1[nH]c1ccccc12.[Br-].[CH2-]C.[Mg+2]. The van der Waals surface area contributed by atoms with Crippen LogP contribution in [0.4, 0.5) is 0 Å². The van der Waals surface area contributed by atoms with Gasteiger partial charge in [0.05, 0.1) is 16.7 Å². The third-order valence-corrected chi connectivity index (χ3v) is 5.51. The van der Waals surface area contributed by atoms with Crippen LogP contribution in [0.3, 0.4) is 0 Å². The van der Waals surface area contributed by atoms with Crippen molar-refractivity contribution in [1.29, 1.82) is 0 Å². The summed E-state index contributed by atoms with van der Waals surface area (Å²) in [5, 5.41) is 5.40. The number of halogens is 2. The summed E-state index contributed by atoms with van der Waals surface area (Å²) in [5.74, 6) is 0. The van der Waals surface area contributed by atoms with Crippen LogP contribution in [0.5, 0.6) is 0 Å². The maximum absolute atomic E-state index is 5.99. The number of aromatic nitrogens is 4. The van der Waals surface area contributed by atoms with Gasteiger partial charge in [-0.2, -0.15) is 6.92 Å². The zero-order valence-electron chi connectivity index (χ0n) is 18.7. The maximum Gasteiger partial charge on any atom is 2.00 e. The number of benzene rings is 2. The van der Waals surface area contributed by atoms with Crippen LogP contribution in [0.1, 0.15) is 19.5 Å². The van der Waals surface area contributed by atoms with Crippen LogP contribution in [-0.4, -0.2) is 43.0 Å². The average Bonchev–Trinajstić information content (AvgIpc) is 3.40. The Hall–Kier alpha value is -2.12. The molecule has 0 atom stereocenters. The molecule has 0 aliphatic rings. The molecule has 0 spiro atoms. The zero-order chi connectivity index (χ0) is 21.8. The normalized spacial score (nSPS) is 10.1. The predicted molar refractivity (Wildman–Crippen MR) is 138 cm³/mol. The number of hydrogen-bond acceptors (Lipinski definition) is 2. The van der Waals surface area contributed by atoms with Crippen molar-refractivity contribution >= 4 is 78.3 Å². The molecular weight excluding hydrogens is 508 g/mol. The molecule has 4 heterocycles. The van der Waals surface area contributed by atoms with Crippen molar-refractivity contribution in [3.8, 4) is 0 Å². The summed E-state index contributed by atoms with van der Waals surface area (Å²) in [5.41, 5.74) is 5.52. The molecule has 0 saturated heterocycles. The molecule has 0 unspecified atom stereocenters. The van der Waals surface area contributed by atoms with E-state index in [1.165, 1.54) is 27.2 Å². The molecule has 2 N–H and O–H groups in total. The van der Waals surface area contributed by atoms with Crippen molar-refractivity contribution in [1.82, 2.24) is 19.9 Å². The van der Waals surface area contributed by atoms with E-state index in [1.54, 1.807) is 13.1 Å². The molecular formula is C26H24BrClMgN4. The van der Waals surface area contributed by atoms with Gasteiger partial charge in [-0.05, 0) is 30.7 Å². The van der Waals surface area contributed by atoms with Gasteiger partial charge in [0.15, 0.2) is 5.15 Å². The van der Waals surface area contributed by atoms with Gasteiger partial charge in [-0.1, -0.05) is 54.9 Å². The van der Waals surface area contributed by atoms with E-state index in [0.717, 1.165) is 28.5 Å². The third-order valence-electron chi connectivity index (χ3n) is 5.22. The Kier molecular flexibility index (Phi) is 10.2. The molecule has 0 saturated carbocycles. The van der Waals surface area contributed by atoms with E-state index in [0.29, 0.717) is 5.15 Å². The zero-order valence-corrected chi connectivity index (χ0v) is 22.5. The molecule has 0 aliphatic heterocycles. The van der Waals surface area contributed by atoms with Crippen molar-refractivity contribution in [3.05, 3.63) is 90.8 Å². The van der Waals surface area contributed by atoms with Gasteiger partial charge in [0, 0.05) is 45.0 Å². The fourth-order valence-corrected chi connectivity index (χ4v) is 4.05. The molecule has 7 heteroatoms. The van der Waals surface area contributed by atoms with Crippen LogP contribution < -0.4 is 17.0 Å².